The van der Waals surface area contributed by atoms with Crippen LogP contribution < -0.4 is 0 Å². The fourth-order valence-electron chi connectivity index (χ4n) is 9.37. The highest BCUT2D eigenvalue weighted by molar-refractivity contribution is 5.71. The number of carbonyl (C=O) groups is 3. The van der Waals surface area contributed by atoms with Crippen LogP contribution in [0.2, 0.25) is 0 Å². The van der Waals surface area contributed by atoms with E-state index in [1.165, 1.54) is 231 Å². The summed E-state index contributed by atoms with van der Waals surface area (Å²) in [6.45, 7) is 11.4. The van der Waals surface area contributed by atoms with Crippen molar-refractivity contribution in [1.82, 2.24) is 0 Å². The summed E-state index contributed by atoms with van der Waals surface area (Å²) >= 11 is 0. The normalized spacial score (nSPS) is 12.4. The molecule has 398 valence electrons. The maximum absolute atomic E-state index is 12.9. The van der Waals surface area contributed by atoms with Gasteiger partial charge in [0.1, 0.15) is 13.2 Å². The van der Waals surface area contributed by atoms with Crippen LogP contribution in [0.5, 0.6) is 0 Å². The van der Waals surface area contributed by atoms with E-state index in [4.69, 9.17) is 14.2 Å². The molecule has 0 aromatic carbocycles. The number of carbonyl (C=O) groups excluding carboxylic acids is 3. The van der Waals surface area contributed by atoms with Gasteiger partial charge in [-0.25, -0.2) is 0 Å². The Bertz CT molecular complexity index is 1030. The van der Waals surface area contributed by atoms with Gasteiger partial charge in [-0.15, -0.1) is 0 Å². The molecule has 0 aliphatic carbocycles. The summed E-state index contributed by atoms with van der Waals surface area (Å²) in [6.07, 6.45) is 58.2. The Kier molecular flexibility index (Phi) is 52.5. The van der Waals surface area contributed by atoms with Crippen molar-refractivity contribution in [2.45, 2.75) is 349 Å². The molecular weight excluding hydrogens is 829 g/mol. The third kappa shape index (κ3) is 53.6. The van der Waals surface area contributed by atoms with Crippen LogP contribution in [0.1, 0.15) is 343 Å². The molecule has 0 amide bonds. The molecule has 67 heavy (non-hydrogen) atoms. The van der Waals surface area contributed by atoms with E-state index in [1.54, 1.807) is 0 Å². The van der Waals surface area contributed by atoms with E-state index in [1.807, 2.05) is 0 Å². The second-order valence-electron chi connectivity index (χ2n) is 21.7. The molecule has 0 aliphatic rings. The molecule has 0 rings (SSSR count). The number of hydrogen-bond donors (Lipinski definition) is 0. The van der Waals surface area contributed by atoms with E-state index in [2.05, 4.69) is 34.6 Å². The minimum absolute atomic E-state index is 0.0632. The van der Waals surface area contributed by atoms with E-state index < -0.39 is 6.10 Å². The van der Waals surface area contributed by atoms with E-state index >= 15 is 0 Å². The Balaban J connectivity index is 4.21. The Morgan fingerprint density at radius 3 is 0.851 bits per heavy atom. The molecule has 2 atom stereocenters. The van der Waals surface area contributed by atoms with Crippen LogP contribution in [0.25, 0.3) is 0 Å². The molecule has 0 N–H and O–H groups in total. The van der Waals surface area contributed by atoms with Gasteiger partial charge < -0.3 is 14.2 Å². The van der Waals surface area contributed by atoms with Crippen LogP contribution in [0.3, 0.4) is 0 Å². The predicted molar refractivity (Wildman–Crippen MR) is 289 cm³/mol. The van der Waals surface area contributed by atoms with E-state index in [9.17, 15) is 14.4 Å². The van der Waals surface area contributed by atoms with Crippen molar-refractivity contribution in [3.63, 3.8) is 0 Å². The smallest absolute Gasteiger partial charge is 0.306 e. The quantitative estimate of drug-likeness (QED) is 0.0343. The van der Waals surface area contributed by atoms with E-state index in [0.29, 0.717) is 19.3 Å². The van der Waals surface area contributed by atoms with Gasteiger partial charge in [0.15, 0.2) is 6.10 Å². The molecule has 6 nitrogen and oxygen atoms in total. The molecule has 0 aromatic heterocycles. The molecule has 1 unspecified atom stereocenters. The lowest BCUT2D eigenvalue weighted by molar-refractivity contribution is -0.167. The fourth-order valence-corrected chi connectivity index (χ4v) is 9.37. The van der Waals surface area contributed by atoms with Gasteiger partial charge in [-0.3, -0.25) is 14.4 Å². The first kappa shape index (κ1) is 65.4. The van der Waals surface area contributed by atoms with Crippen LogP contribution >= 0.6 is 0 Å². The molecule has 0 bridgehead atoms. The van der Waals surface area contributed by atoms with Gasteiger partial charge in [0.2, 0.25) is 0 Å². The predicted octanol–water partition coefficient (Wildman–Crippen LogP) is 20.0. The molecule has 0 aromatic rings. The summed E-state index contributed by atoms with van der Waals surface area (Å²) < 4.78 is 16.9. The van der Waals surface area contributed by atoms with Gasteiger partial charge in [-0.05, 0) is 31.1 Å². The first-order valence-electron chi connectivity index (χ1n) is 30.3. The number of ether oxygens (including phenoxy) is 3. The number of rotatable bonds is 55. The van der Waals surface area contributed by atoms with E-state index in [0.717, 1.165) is 69.6 Å². The van der Waals surface area contributed by atoms with Gasteiger partial charge in [0.05, 0.1) is 0 Å². The third-order valence-electron chi connectivity index (χ3n) is 14.3. The summed E-state index contributed by atoms with van der Waals surface area (Å²) in [5, 5.41) is 0. The molecule has 0 saturated carbocycles. The average molecular weight is 948 g/mol. The molecule has 0 fully saturated rings. The number of unbranched alkanes of at least 4 members (excludes halogenated alkanes) is 39. The lowest BCUT2D eigenvalue weighted by Gasteiger charge is -2.18. The molecule has 0 radical (unpaired) electrons. The lowest BCUT2D eigenvalue weighted by Crippen LogP contribution is -2.30. The molecule has 0 saturated heterocycles. The minimum atomic E-state index is -0.763. The average Bonchev–Trinajstić information content (AvgIpc) is 3.31. The Morgan fingerprint density at radius 2 is 0.567 bits per heavy atom. The van der Waals surface area contributed by atoms with Crippen LogP contribution in [-0.4, -0.2) is 37.2 Å². The highest BCUT2D eigenvalue weighted by atomic mass is 16.6. The van der Waals surface area contributed by atoms with Crippen LogP contribution in [0.15, 0.2) is 0 Å². The summed E-state index contributed by atoms with van der Waals surface area (Å²) in [7, 11) is 0. The van der Waals surface area contributed by atoms with Crippen molar-refractivity contribution < 1.29 is 28.6 Å². The number of esters is 3. The lowest BCUT2D eigenvalue weighted by atomic mass is 10.00. The molecule has 0 spiro atoms. The fraction of sp³-hybridized carbons (Fsp3) is 0.951. The topological polar surface area (TPSA) is 78.9 Å². The highest BCUT2D eigenvalue weighted by Crippen LogP contribution is 2.19. The van der Waals surface area contributed by atoms with Crippen LogP contribution in [0, 0.1) is 11.8 Å². The molecule has 0 heterocycles. The van der Waals surface area contributed by atoms with Gasteiger partial charge in [-0.2, -0.15) is 0 Å². The van der Waals surface area contributed by atoms with Crippen molar-refractivity contribution >= 4 is 17.9 Å². The zero-order chi connectivity index (χ0) is 48.9. The largest absolute Gasteiger partial charge is 0.462 e. The summed E-state index contributed by atoms with van der Waals surface area (Å²) in [4.78, 5) is 38.1. The first-order chi connectivity index (χ1) is 32.8. The highest BCUT2D eigenvalue weighted by Gasteiger charge is 2.19. The van der Waals surface area contributed by atoms with Gasteiger partial charge >= 0.3 is 17.9 Å². The monoisotopic (exact) mass is 947 g/mol. The Hall–Kier alpha value is -1.59. The van der Waals surface area contributed by atoms with Crippen LogP contribution in [-0.2, 0) is 28.6 Å². The number of hydrogen-bond acceptors (Lipinski definition) is 6. The SMILES string of the molecule is CCCCCCCCCCCCCCCCCCCCC(=O)OC[C@H](COC(=O)CCCCCCCCC(C)CC)OC(=O)CCCCCCCCCCCCCCCCCCCCC(C)C. The second kappa shape index (κ2) is 53.8. The van der Waals surface area contributed by atoms with Crippen molar-refractivity contribution in [3.05, 3.63) is 0 Å². The summed E-state index contributed by atoms with van der Waals surface area (Å²) in [5.74, 6) is 0.832. The van der Waals surface area contributed by atoms with Crippen molar-refractivity contribution in [3.8, 4) is 0 Å². The minimum Gasteiger partial charge on any atom is -0.462 e. The zero-order valence-electron chi connectivity index (χ0n) is 46.0. The maximum atomic E-state index is 12.9. The summed E-state index contributed by atoms with van der Waals surface area (Å²) in [5.41, 5.74) is 0. The summed E-state index contributed by atoms with van der Waals surface area (Å²) in [6, 6.07) is 0. The molecule has 0 aliphatic heterocycles. The van der Waals surface area contributed by atoms with Gasteiger partial charge in [0, 0.05) is 19.3 Å². The van der Waals surface area contributed by atoms with Gasteiger partial charge in [-0.1, -0.05) is 304 Å². The third-order valence-corrected chi connectivity index (χ3v) is 14.3. The molecule has 6 heteroatoms. The van der Waals surface area contributed by atoms with Crippen molar-refractivity contribution in [2.24, 2.45) is 11.8 Å². The Labute approximate surface area is 418 Å². The van der Waals surface area contributed by atoms with E-state index in [-0.39, 0.29) is 31.1 Å². The Morgan fingerprint density at radius 1 is 0.313 bits per heavy atom. The van der Waals surface area contributed by atoms with Crippen molar-refractivity contribution in [1.29, 1.82) is 0 Å². The van der Waals surface area contributed by atoms with Gasteiger partial charge in [0.25, 0.3) is 0 Å². The zero-order valence-corrected chi connectivity index (χ0v) is 46.0. The second-order valence-corrected chi connectivity index (χ2v) is 21.7. The maximum Gasteiger partial charge on any atom is 0.306 e. The molecular formula is C61H118O6. The van der Waals surface area contributed by atoms with Crippen molar-refractivity contribution in [2.75, 3.05) is 13.2 Å². The first-order valence-corrected chi connectivity index (χ1v) is 30.3. The van der Waals surface area contributed by atoms with Crippen LogP contribution in [0.4, 0.5) is 0 Å². The standard InChI is InChI=1S/C61H118O6/c1-6-8-9-10-11-12-13-14-15-16-20-23-26-29-32-35-41-46-51-59(62)65-54-58(55-66-60(63)52-47-42-38-37-40-45-50-57(5)7-2)67-61(64)53-48-43-36-33-30-27-24-21-18-17-19-22-25-28-31-34-39-44-49-56(3)4/h56-58H,6-55H2,1-5H3/t57?,58-/m1/s1.